The van der Waals surface area contributed by atoms with Crippen molar-refractivity contribution in [3.05, 3.63) is 0 Å². The van der Waals surface area contributed by atoms with Crippen LogP contribution in [0, 0.1) is 16.7 Å². The van der Waals surface area contributed by atoms with Crippen LogP contribution in [0.2, 0.25) is 0 Å². The second-order valence-corrected chi connectivity index (χ2v) is 4.20. The van der Waals surface area contributed by atoms with Crippen LogP contribution < -0.4 is 5.73 Å². The number of carbonyl (C=O) groups is 1. The quantitative estimate of drug-likeness (QED) is 0.712. The first-order chi connectivity index (χ1) is 6.53. The number of primary amides is 1. The van der Waals surface area contributed by atoms with E-state index in [9.17, 15) is 4.79 Å². The molecule has 0 aliphatic carbocycles. The minimum absolute atomic E-state index is 0.0730. The van der Waals surface area contributed by atoms with Crippen LogP contribution >= 0.6 is 0 Å². The minimum Gasteiger partial charge on any atom is -0.369 e. The minimum atomic E-state index is -0.440. The van der Waals surface area contributed by atoms with Crippen molar-refractivity contribution in [2.24, 2.45) is 11.1 Å². The number of nitriles is 1. The number of likely N-dealkylation sites (tertiary alicyclic amines) is 1. The summed E-state index contributed by atoms with van der Waals surface area (Å²) in [5.41, 5.74) is 4.89. The third-order valence-corrected chi connectivity index (χ3v) is 3.07. The molecule has 4 heteroatoms. The van der Waals surface area contributed by atoms with Crippen LogP contribution in [0.1, 0.15) is 26.7 Å². The maximum Gasteiger partial charge on any atom is 0.224 e. The first-order valence-electron chi connectivity index (χ1n) is 4.97. The van der Waals surface area contributed by atoms with Gasteiger partial charge in [-0.2, -0.15) is 5.26 Å². The first kappa shape index (κ1) is 11.0. The Labute approximate surface area is 84.7 Å². The standard InChI is InChI=1S/C10H17N3O/c1-3-8(6-11)13-5-4-10(2,7-13)9(12)14/h8H,3-5,7H2,1-2H3,(H2,12,14). The van der Waals surface area contributed by atoms with Gasteiger partial charge in [0.2, 0.25) is 5.91 Å². The van der Waals surface area contributed by atoms with Gasteiger partial charge in [0.1, 0.15) is 0 Å². The molecule has 1 heterocycles. The summed E-state index contributed by atoms with van der Waals surface area (Å²) in [6, 6.07) is 2.17. The van der Waals surface area contributed by atoms with E-state index in [1.165, 1.54) is 0 Å². The monoisotopic (exact) mass is 195 g/mol. The first-order valence-corrected chi connectivity index (χ1v) is 4.97. The predicted molar refractivity (Wildman–Crippen MR) is 53.2 cm³/mol. The van der Waals surface area contributed by atoms with Gasteiger partial charge in [-0.15, -0.1) is 0 Å². The van der Waals surface area contributed by atoms with E-state index in [0.717, 1.165) is 19.4 Å². The molecule has 0 saturated carbocycles. The van der Waals surface area contributed by atoms with E-state index in [1.807, 2.05) is 18.7 Å². The number of nitrogens with two attached hydrogens (primary N) is 1. The van der Waals surface area contributed by atoms with Crippen LogP contribution in [0.25, 0.3) is 0 Å². The van der Waals surface area contributed by atoms with Gasteiger partial charge < -0.3 is 5.73 Å². The number of rotatable bonds is 3. The Kier molecular flexibility index (Phi) is 3.12. The van der Waals surface area contributed by atoms with Crippen molar-refractivity contribution in [2.75, 3.05) is 13.1 Å². The van der Waals surface area contributed by atoms with Gasteiger partial charge in [0, 0.05) is 13.1 Å². The van der Waals surface area contributed by atoms with Crippen molar-refractivity contribution < 1.29 is 4.79 Å². The molecule has 4 nitrogen and oxygen atoms in total. The van der Waals surface area contributed by atoms with Crippen molar-refractivity contribution >= 4 is 5.91 Å². The smallest absolute Gasteiger partial charge is 0.224 e. The molecule has 1 aliphatic rings. The average Bonchev–Trinajstić information content (AvgIpc) is 2.52. The van der Waals surface area contributed by atoms with Gasteiger partial charge in [0.05, 0.1) is 17.5 Å². The third-order valence-electron chi connectivity index (χ3n) is 3.07. The molecule has 0 bridgehead atoms. The van der Waals surface area contributed by atoms with E-state index in [2.05, 4.69) is 6.07 Å². The fraction of sp³-hybridized carbons (Fsp3) is 0.800. The highest BCUT2D eigenvalue weighted by Gasteiger charge is 2.40. The Morgan fingerprint density at radius 2 is 2.43 bits per heavy atom. The molecule has 2 unspecified atom stereocenters. The number of amides is 1. The van der Waals surface area contributed by atoms with Gasteiger partial charge in [-0.1, -0.05) is 6.92 Å². The second kappa shape index (κ2) is 3.97. The summed E-state index contributed by atoms with van der Waals surface area (Å²) < 4.78 is 0. The van der Waals surface area contributed by atoms with E-state index >= 15 is 0 Å². The lowest BCUT2D eigenvalue weighted by Gasteiger charge is -2.23. The summed E-state index contributed by atoms with van der Waals surface area (Å²) in [5, 5.41) is 8.89. The Hall–Kier alpha value is -1.08. The number of carbonyl (C=O) groups excluding carboxylic acids is 1. The normalized spacial score (nSPS) is 29.8. The topological polar surface area (TPSA) is 70.1 Å². The molecular formula is C10H17N3O. The fourth-order valence-electron chi connectivity index (χ4n) is 1.90. The Morgan fingerprint density at radius 1 is 1.79 bits per heavy atom. The molecule has 78 valence electrons. The van der Waals surface area contributed by atoms with E-state index in [4.69, 9.17) is 11.0 Å². The molecule has 0 radical (unpaired) electrons. The van der Waals surface area contributed by atoms with Gasteiger partial charge in [-0.25, -0.2) is 0 Å². The molecule has 0 aromatic carbocycles. The zero-order valence-corrected chi connectivity index (χ0v) is 8.79. The highest BCUT2D eigenvalue weighted by Crippen LogP contribution is 2.30. The molecule has 0 spiro atoms. The van der Waals surface area contributed by atoms with E-state index < -0.39 is 5.41 Å². The van der Waals surface area contributed by atoms with Crippen LogP contribution in [0.3, 0.4) is 0 Å². The molecule has 1 rings (SSSR count). The summed E-state index contributed by atoms with van der Waals surface area (Å²) in [4.78, 5) is 13.2. The van der Waals surface area contributed by atoms with Crippen LogP contribution in [-0.2, 0) is 4.79 Å². The summed E-state index contributed by atoms with van der Waals surface area (Å²) in [6.45, 7) is 5.27. The second-order valence-electron chi connectivity index (χ2n) is 4.20. The van der Waals surface area contributed by atoms with Crippen molar-refractivity contribution in [2.45, 2.75) is 32.7 Å². The fourth-order valence-corrected chi connectivity index (χ4v) is 1.90. The zero-order valence-electron chi connectivity index (χ0n) is 8.79. The van der Waals surface area contributed by atoms with Gasteiger partial charge in [0.25, 0.3) is 0 Å². The number of hydrogen-bond acceptors (Lipinski definition) is 3. The van der Waals surface area contributed by atoms with Crippen molar-refractivity contribution in [3.8, 4) is 6.07 Å². The molecular weight excluding hydrogens is 178 g/mol. The van der Waals surface area contributed by atoms with Gasteiger partial charge in [-0.3, -0.25) is 9.69 Å². The molecule has 14 heavy (non-hydrogen) atoms. The largest absolute Gasteiger partial charge is 0.369 e. The van der Waals surface area contributed by atoms with E-state index in [1.54, 1.807) is 0 Å². The molecule has 2 N–H and O–H groups in total. The molecule has 1 amide bonds. The van der Waals surface area contributed by atoms with Crippen LogP contribution in [0.4, 0.5) is 0 Å². The Morgan fingerprint density at radius 3 is 2.79 bits per heavy atom. The predicted octanol–water partition coefficient (Wildman–Crippen LogP) is 0.486. The summed E-state index contributed by atoms with van der Waals surface area (Å²) in [7, 11) is 0. The zero-order chi connectivity index (χ0) is 10.8. The Balaban J connectivity index is 2.66. The van der Waals surface area contributed by atoms with Crippen LogP contribution in [0.15, 0.2) is 0 Å². The van der Waals surface area contributed by atoms with Gasteiger partial charge in [0.15, 0.2) is 0 Å². The molecule has 2 atom stereocenters. The van der Waals surface area contributed by atoms with Gasteiger partial charge in [-0.05, 0) is 19.8 Å². The molecule has 1 saturated heterocycles. The lowest BCUT2D eigenvalue weighted by Crippen LogP contribution is -2.39. The third kappa shape index (κ3) is 1.88. The molecule has 1 aliphatic heterocycles. The lowest BCUT2D eigenvalue weighted by molar-refractivity contribution is -0.126. The SMILES string of the molecule is CCC(C#N)N1CCC(C)(C(N)=O)C1. The van der Waals surface area contributed by atoms with Crippen molar-refractivity contribution in [3.63, 3.8) is 0 Å². The molecule has 1 fully saturated rings. The van der Waals surface area contributed by atoms with Crippen LogP contribution in [0.5, 0.6) is 0 Å². The maximum atomic E-state index is 11.2. The Bertz CT molecular complexity index is 271. The summed E-state index contributed by atoms with van der Waals surface area (Å²) >= 11 is 0. The highest BCUT2D eigenvalue weighted by molar-refractivity contribution is 5.81. The average molecular weight is 195 g/mol. The van der Waals surface area contributed by atoms with Crippen molar-refractivity contribution in [1.29, 1.82) is 5.26 Å². The number of nitrogens with zero attached hydrogens (tertiary/aromatic N) is 2. The molecule has 0 aromatic heterocycles. The molecule has 0 aromatic rings. The summed E-state index contributed by atoms with van der Waals surface area (Å²) in [5.74, 6) is -0.257. The highest BCUT2D eigenvalue weighted by atomic mass is 16.1. The maximum absolute atomic E-state index is 11.2. The van der Waals surface area contributed by atoms with Crippen molar-refractivity contribution in [1.82, 2.24) is 4.90 Å². The lowest BCUT2D eigenvalue weighted by atomic mass is 9.89. The number of hydrogen-bond donors (Lipinski definition) is 1. The van der Waals surface area contributed by atoms with E-state index in [0.29, 0.717) is 6.54 Å². The summed E-state index contributed by atoms with van der Waals surface area (Å²) in [6.07, 6.45) is 1.56. The van der Waals surface area contributed by atoms with Gasteiger partial charge >= 0.3 is 0 Å². The van der Waals surface area contributed by atoms with E-state index in [-0.39, 0.29) is 11.9 Å². The van der Waals surface area contributed by atoms with Crippen LogP contribution in [-0.4, -0.2) is 29.9 Å².